The first-order valence-corrected chi connectivity index (χ1v) is 5.09. The highest BCUT2D eigenvalue weighted by Crippen LogP contribution is 2.20. The van der Waals surface area contributed by atoms with Crippen LogP contribution in [0.5, 0.6) is 0 Å². The zero-order valence-corrected chi connectivity index (χ0v) is 9.39. The van der Waals surface area contributed by atoms with Crippen LogP contribution in [-0.2, 0) is 4.74 Å². The molecule has 3 nitrogen and oxygen atoms in total. The number of methoxy groups -OCH3 is 1. The molecular formula is C10H24N2O. The summed E-state index contributed by atoms with van der Waals surface area (Å²) in [4.78, 5) is 0. The number of hydrogen-bond donors (Lipinski definition) is 2. The summed E-state index contributed by atoms with van der Waals surface area (Å²) in [5.41, 5.74) is 0. The van der Waals surface area contributed by atoms with E-state index < -0.39 is 0 Å². The highest BCUT2D eigenvalue weighted by atomic mass is 16.5. The second-order valence-corrected chi connectivity index (χ2v) is 3.54. The van der Waals surface area contributed by atoms with Crippen molar-refractivity contribution in [2.45, 2.75) is 38.3 Å². The zero-order valence-electron chi connectivity index (χ0n) is 9.39. The van der Waals surface area contributed by atoms with Crippen LogP contribution in [0.25, 0.3) is 0 Å². The molecule has 1 atom stereocenters. The average molecular weight is 188 g/mol. The molecule has 0 amide bonds. The van der Waals surface area contributed by atoms with E-state index in [1.807, 2.05) is 14.1 Å². The molecule has 0 unspecified atom stereocenters. The maximum Gasteiger partial charge on any atom is 0.0571 e. The van der Waals surface area contributed by atoms with Crippen LogP contribution in [-0.4, -0.2) is 39.9 Å². The van der Waals surface area contributed by atoms with Crippen molar-refractivity contribution in [1.82, 2.24) is 10.6 Å². The van der Waals surface area contributed by atoms with Crippen LogP contribution in [0.2, 0.25) is 0 Å². The summed E-state index contributed by atoms with van der Waals surface area (Å²) < 4.78 is 4.99. The quantitative estimate of drug-likeness (QED) is 0.690. The van der Waals surface area contributed by atoms with Gasteiger partial charge >= 0.3 is 0 Å². The molecule has 1 fully saturated rings. The molecule has 0 spiro atoms. The van der Waals surface area contributed by atoms with Crippen LogP contribution in [0.1, 0.15) is 26.2 Å². The van der Waals surface area contributed by atoms with Crippen molar-refractivity contribution in [3.63, 3.8) is 0 Å². The summed E-state index contributed by atoms with van der Waals surface area (Å²) in [5, 5.41) is 6.16. The number of rotatable bonds is 4. The van der Waals surface area contributed by atoms with E-state index in [9.17, 15) is 0 Å². The van der Waals surface area contributed by atoms with Gasteiger partial charge in [-0.25, -0.2) is 0 Å². The van der Waals surface area contributed by atoms with Crippen LogP contribution in [0.15, 0.2) is 0 Å². The molecule has 0 aliphatic heterocycles. The minimum absolute atomic E-state index is 0.588. The SMILES string of the molecule is CNC[C@@H](C)NC.COC1CCC1. The maximum absolute atomic E-state index is 4.99. The van der Waals surface area contributed by atoms with E-state index >= 15 is 0 Å². The lowest BCUT2D eigenvalue weighted by Crippen LogP contribution is -2.31. The topological polar surface area (TPSA) is 33.3 Å². The summed E-state index contributed by atoms with van der Waals surface area (Å²) in [6, 6.07) is 0.588. The number of nitrogens with one attached hydrogen (secondary N) is 2. The maximum atomic E-state index is 4.99. The highest BCUT2D eigenvalue weighted by Gasteiger charge is 2.14. The van der Waals surface area contributed by atoms with Gasteiger partial charge in [0.1, 0.15) is 0 Å². The molecule has 0 aromatic carbocycles. The van der Waals surface area contributed by atoms with Crippen molar-refractivity contribution < 1.29 is 4.74 Å². The molecule has 0 radical (unpaired) electrons. The lowest BCUT2D eigenvalue weighted by Gasteiger charge is -2.22. The fourth-order valence-electron chi connectivity index (χ4n) is 1.01. The van der Waals surface area contributed by atoms with E-state index in [4.69, 9.17) is 4.74 Å². The lowest BCUT2D eigenvalue weighted by atomic mass is 9.96. The molecule has 0 heterocycles. The molecule has 0 bridgehead atoms. The monoisotopic (exact) mass is 188 g/mol. The van der Waals surface area contributed by atoms with Gasteiger partial charge in [0.2, 0.25) is 0 Å². The van der Waals surface area contributed by atoms with Crippen molar-refractivity contribution >= 4 is 0 Å². The molecule has 1 aliphatic carbocycles. The van der Waals surface area contributed by atoms with Crippen LogP contribution in [0.3, 0.4) is 0 Å². The summed E-state index contributed by atoms with van der Waals surface area (Å²) in [6.45, 7) is 3.17. The minimum Gasteiger partial charge on any atom is -0.381 e. The third kappa shape index (κ3) is 6.99. The Bertz CT molecular complexity index is 102. The van der Waals surface area contributed by atoms with Crippen LogP contribution in [0.4, 0.5) is 0 Å². The van der Waals surface area contributed by atoms with E-state index in [0.717, 1.165) is 6.54 Å². The van der Waals surface area contributed by atoms with Crippen molar-refractivity contribution in [2.24, 2.45) is 0 Å². The van der Waals surface area contributed by atoms with Crippen LogP contribution in [0, 0.1) is 0 Å². The van der Waals surface area contributed by atoms with Gasteiger partial charge in [-0.2, -0.15) is 0 Å². The van der Waals surface area contributed by atoms with Gasteiger partial charge in [-0.05, 0) is 40.3 Å². The normalized spacial score (nSPS) is 18.5. The van der Waals surface area contributed by atoms with Gasteiger partial charge < -0.3 is 15.4 Å². The summed E-state index contributed by atoms with van der Waals surface area (Å²) in [7, 11) is 5.69. The first kappa shape index (κ1) is 12.9. The van der Waals surface area contributed by atoms with Crippen LogP contribution < -0.4 is 10.6 Å². The second kappa shape index (κ2) is 8.48. The molecule has 0 aromatic rings. The van der Waals surface area contributed by atoms with Crippen LogP contribution >= 0.6 is 0 Å². The predicted molar refractivity (Wildman–Crippen MR) is 57.1 cm³/mol. The molecule has 1 rings (SSSR count). The fourth-order valence-corrected chi connectivity index (χ4v) is 1.01. The third-order valence-electron chi connectivity index (χ3n) is 2.39. The smallest absolute Gasteiger partial charge is 0.0571 e. The molecule has 13 heavy (non-hydrogen) atoms. The summed E-state index contributed by atoms with van der Waals surface area (Å²) >= 11 is 0. The lowest BCUT2D eigenvalue weighted by molar-refractivity contribution is 0.0412. The van der Waals surface area contributed by atoms with Gasteiger partial charge in [-0.1, -0.05) is 0 Å². The Morgan fingerprint density at radius 3 is 2.08 bits per heavy atom. The molecular weight excluding hydrogens is 164 g/mol. The predicted octanol–water partition coefficient (Wildman–Crippen LogP) is 0.999. The van der Waals surface area contributed by atoms with Gasteiger partial charge in [0.05, 0.1) is 6.10 Å². The van der Waals surface area contributed by atoms with Crippen molar-refractivity contribution in [1.29, 1.82) is 0 Å². The molecule has 80 valence electrons. The Morgan fingerprint density at radius 2 is 2.00 bits per heavy atom. The zero-order chi connectivity index (χ0) is 10.1. The van der Waals surface area contributed by atoms with E-state index in [2.05, 4.69) is 17.6 Å². The molecule has 0 aromatic heterocycles. The fraction of sp³-hybridized carbons (Fsp3) is 1.00. The Morgan fingerprint density at radius 1 is 1.38 bits per heavy atom. The third-order valence-corrected chi connectivity index (χ3v) is 2.39. The Labute approximate surface area is 82.2 Å². The standard InChI is InChI=1S/C5H14N2.C5H10O/c1-5(7-3)4-6-2;1-6-5-3-2-4-5/h5-7H,4H2,1-3H3;5H,2-4H2,1H3/t5-;/m1./s1. The largest absolute Gasteiger partial charge is 0.381 e. The molecule has 1 aliphatic rings. The molecule has 1 saturated carbocycles. The highest BCUT2D eigenvalue weighted by molar-refractivity contribution is 4.67. The van der Waals surface area contributed by atoms with E-state index in [1.54, 1.807) is 7.11 Å². The average Bonchev–Trinajstić information content (AvgIpc) is 2.04. The van der Waals surface area contributed by atoms with E-state index in [0.29, 0.717) is 12.1 Å². The Hall–Kier alpha value is -0.120. The Kier molecular flexibility index (Phi) is 8.40. The van der Waals surface area contributed by atoms with Crippen molar-refractivity contribution in [3.05, 3.63) is 0 Å². The van der Waals surface area contributed by atoms with E-state index in [-0.39, 0.29) is 0 Å². The molecule has 2 N–H and O–H groups in total. The minimum atomic E-state index is 0.588. The summed E-state index contributed by atoms with van der Waals surface area (Å²) in [6.07, 6.45) is 4.57. The Balaban J connectivity index is 0.000000223. The van der Waals surface area contributed by atoms with Gasteiger partial charge in [0, 0.05) is 19.7 Å². The van der Waals surface area contributed by atoms with Gasteiger partial charge in [0.15, 0.2) is 0 Å². The number of likely N-dealkylation sites (N-methyl/N-ethyl adjacent to an activating group) is 2. The van der Waals surface area contributed by atoms with E-state index in [1.165, 1.54) is 19.3 Å². The summed E-state index contributed by atoms with van der Waals surface area (Å²) in [5.74, 6) is 0. The van der Waals surface area contributed by atoms with Gasteiger partial charge in [0.25, 0.3) is 0 Å². The van der Waals surface area contributed by atoms with Gasteiger partial charge in [-0.15, -0.1) is 0 Å². The molecule has 0 saturated heterocycles. The number of hydrogen-bond acceptors (Lipinski definition) is 3. The number of ether oxygens (including phenoxy) is 1. The second-order valence-electron chi connectivity index (χ2n) is 3.54. The molecule has 3 heteroatoms. The first-order chi connectivity index (χ1) is 6.24. The van der Waals surface area contributed by atoms with Gasteiger partial charge in [-0.3, -0.25) is 0 Å². The van der Waals surface area contributed by atoms with Crippen molar-refractivity contribution in [2.75, 3.05) is 27.7 Å². The van der Waals surface area contributed by atoms with Crippen molar-refractivity contribution in [3.8, 4) is 0 Å². The first-order valence-electron chi connectivity index (χ1n) is 5.09.